The van der Waals surface area contributed by atoms with E-state index in [2.05, 4.69) is 22.4 Å². The molecule has 0 saturated heterocycles. The third kappa shape index (κ3) is 3.57. The Bertz CT molecular complexity index is 569. The molecular weight excluding hydrogens is 262 g/mol. The van der Waals surface area contributed by atoms with E-state index in [0.29, 0.717) is 11.4 Å². The minimum absolute atomic E-state index is 0.233. The number of thioether (sulfide) groups is 1. The molecule has 1 N–H and O–H groups in total. The maximum Gasteiger partial charge on any atom is 0.260 e. The number of pyridine rings is 1. The van der Waals surface area contributed by atoms with E-state index in [4.69, 9.17) is 4.52 Å². The van der Waals surface area contributed by atoms with Gasteiger partial charge in [0, 0.05) is 12.3 Å². The highest BCUT2D eigenvalue weighted by Gasteiger charge is 2.14. The number of aryl methyl sites for hydroxylation is 1. The predicted octanol–water partition coefficient (Wildman–Crippen LogP) is 3.13. The van der Waals surface area contributed by atoms with Crippen molar-refractivity contribution in [1.82, 2.24) is 10.1 Å². The van der Waals surface area contributed by atoms with Crippen LogP contribution in [0.3, 0.4) is 0 Å². The highest BCUT2D eigenvalue weighted by Crippen LogP contribution is 2.21. The van der Waals surface area contributed by atoms with E-state index in [1.807, 2.05) is 0 Å². The zero-order valence-electron chi connectivity index (χ0n) is 10.8. The largest absolute Gasteiger partial charge is 0.338 e. The van der Waals surface area contributed by atoms with Crippen molar-refractivity contribution in [3.8, 4) is 0 Å². The Hall–Kier alpha value is -1.82. The van der Waals surface area contributed by atoms with Gasteiger partial charge in [0.25, 0.3) is 5.91 Å². The summed E-state index contributed by atoms with van der Waals surface area (Å²) in [5.41, 5.74) is 1.28. The maximum absolute atomic E-state index is 12.2. The summed E-state index contributed by atoms with van der Waals surface area (Å²) in [5, 5.41) is 7.13. The number of nitrogens with zero attached hydrogens (tertiary/aromatic N) is 2. The van der Waals surface area contributed by atoms with Gasteiger partial charge in [-0.1, -0.05) is 12.1 Å². The van der Waals surface area contributed by atoms with E-state index < -0.39 is 0 Å². The molecule has 100 valence electrons. The van der Waals surface area contributed by atoms with Crippen LogP contribution in [0.5, 0.6) is 0 Å². The Morgan fingerprint density at radius 2 is 2.37 bits per heavy atom. The van der Waals surface area contributed by atoms with Crippen LogP contribution in [-0.2, 0) is 0 Å². The highest BCUT2D eigenvalue weighted by molar-refractivity contribution is 7.99. The minimum Gasteiger partial charge on any atom is -0.338 e. The molecule has 2 aromatic rings. The first-order valence-corrected chi connectivity index (χ1v) is 7.01. The van der Waals surface area contributed by atoms with Gasteiger partial charge in [0.1, 0.15) is 5.03 Å². The van der Waals surface area contributed by atoms with Crippen LogP contribution >= 0.6 is 11.8 Å². The van der Waals surface area contributed by atoms with Crippen LogP contribution in [0.25, 0.3) is 0 Å². The molecule has 0 fully saturated rings. The van der Waals surface area contributed by atoms with E-state index in [-0.39, 0.29) is 5.91 Å². The fourth-order valence-electron chi connectivity index (χ4n) is 1.48. The van der Waals surface area contributed by atoms with Crippen LogP contribution < -0.4 is 5.32 Å². The van der Waals surface area contributed by atoms with Crippen LogP contribution in [0.4, 0.5) is 5.88 Å². The quantitative estimate of drug-likeness (QED) is 0.850. The van der Waals surface area contributed by atoms with Gasteiger partial charge in [-0.15, -0.1) is 11.8 Å². The number of hydrogen-bond acceptors (Lipinski definition) is 5. The molecule has 1 amide bonds. The van der Waals surface area contributed by atoms with Crippen molar-refractivity contribution in [2.24, 2.45) is 0 Å². The molecule has 0 aliphatic heterocycles. The lowest BCUT2D eigenvalue weighted by Crippen LogP contribution is -2.13. The number of nitrogens with one attached hydrogen (secondary N) is 1. The second kappa shape index (κ2) is 6.38. The molecule has 0 radical (unpaired) electrons. The molecule has 0 atom stereocenters. The van der Waals surface area contributed by atoms with Crippen LogP contribution in [0.1, 0.15) is 29.4 Å². The second-order valence-electron chi connectivity index (χ2n) is 3.99. The van der Waals surface area contributed by atoms with E-state index in [1.165, 1.54) is 0 Å². The molecular formula is C13H15N3O2S. The lowest BCUT2D eigenvalue weighted by atomic mass is 10.2. The summed E-state index contributed by atoms with van der Waals surface area (Å²) in [5.74, 6) is 1.04. The van der Waals surface area contributed by atoms with Crippen molar-refractivity contribution in [2.45, 2.75) is 25.3 Å². The average molecular weight is 277 g/mol. The first-order chi connectivity index (χ1) is 9.20. The van der Waals surface area contributed by atoms with Crippen molar-refractivity contribution in [3.63, 3.8) is 0 Å². The Morgan fingerprint density at radius 1 is 1.53 bits per heavy atom. The number of aromatic nitrogens is 2. The zero-order chi connectivity index (χ0) is 13.7. The fourth-order valence-corrected chi connectivity index (χ4v) is 2.33. The Balaban J connectivity index is 2.14. The van der Waals surface area contributed by atoms with Crippen LogP contribution in [0, 0.1) is 6.92 Å². The summed E-state index contributed by atoms with van der Waals surface area (Å²) in [4.78, 5) is 16.4. The van der Waals surface area contributed by atoms with Crippen molar-refractivity contribution in [3.05, 3.63) is 35.7 Å². The molecule has 0 aliphatic carbocycles. The molecule has 0 bridgehead atoms. The Kier molecular flexibility index (Phi) is 4.57. The number of amides is 1. The van der Waals surface area contributed by atoms with Crippen molar-refractivity contribution >= 4 is 23.6 Å². The minimum atomic E-state index is -0.233. The molecule has 0 aliphatic rings. The fraction of sp³-hybridized carbons (Fsp3) is 0.308. The number of rotatable bonds is 5. The number of hydrogen-bond donors (Lipinski definition) is 1. The summed E-state index contributed by atoms with van der Waals surface area (Å²) < 4.78 is 4.97. The van der Waals surface area contributed by atoms with E-state index in [9.17, 15) is 4.79 Å². The van der Waals surface area contributed by atoms with Crippen LogP contribution in [0.15, 0.2) is 33.9 Å². The molecule has 0 unspecified atom stereocenters. The van der Waals surface area contributed by atoms with Crippen LogP contribution in [-0.4, -0.2) is 21.8 Å². The third-order valence-electron chi connectivity index (χ3n) is 2.32. The first-order valence-electron chi connectivity index (χ1n) is 6.03. The summed E-state index contributed by atoms with van der Waals surface area (Å²) in [7, 11) is 0. The first kappa shape index (κ1) is 13.6. The Morgan fingerprint density at radius 3 is 3.05 bits per heavy atom. The summed E-state index contributed by atoms with van der Waals surface area (Å²) in [6.07, 6.45) is 2.72. The number of anilines is 1. The van der Waals surface area contributed by atoms with Gasteiger partial charge in [0.15, 0.2) is 0 Å². The third-order valence-corrected chi connectivity index (χ3v) is 3.53. The maximum atomic E-state index is 12.2. The van der Waals surface area contributed by atoms with E-state index in [0.717, 1.165) is 22.9 Å². The van der Waals surface area contributed by atoms with Gasteiger partial charge in [-0.05, 0) is 31.2 Å². The van der Waals surface area contributed by atoms with Gasteiger partial charge < -0.3 is 4.52 Å². The van der Waals surface area contributed by atoms with Gasteiger partial charge in [-0.25, -0.2) is 4.98 Å². The number of carbonyl (C=O) groups excluding carboxylic acids is 1. The molecule has 0 aromatic carbocycles. The summed E-state index contributed by atoms with van der Waals surface area (Å²) in [6, 6.07) is 5.17. The van der Waals surface area contributed by atoms with Crippen molar-refractivity contribution in [2.75, 3.05) is 11.1 Å². The highest BCUT2D eigenvalue weighted by atomic mass is 32.2. The predicted molar refractivity (Wildman–Crippen MR) is 74.4 cm³/mol. The second-order valence-corrected chi connectivity index (χ2v) is 5.07. The molecule has 0 saturated carbocycles. The molecule has 6 heteroatoms. The topological polar surface area (TPSA) is 68.0 Å². The number of carbonyl (C=O) groups is 1. The van der Waals surface area contributed by atoms with Crippen molar-refractivity contribution < 1.29 is 9.32 Å². The van der Waals surface area contributed by atoms with Gasteiger partial charge in [0.05, 0.1) is 11.3 Å². The molecule has 2 rings (SSSR count). The van der Waals surface area contributed by atoms with E-state index in [1.54, 1.807) is 43.1 Å². The molecule has 0 spiro atoms. The zero-order valence-corrected chi connectivity index (χ0v) is 11.7. The lowest BCUT2D eigenvalue weighted by molar-refractivity contribution is 0.102. The van der Waals surface area contributed by atoms with E-state index >= 15 is 0 Å². The average Bonchev–Trinajstić information content (AvgIpc) is 2.82. The monoisotopic (exact) mass is 277 g/mol. The normalized spacial score (nSPS) is 10.4. The van der Waals surface area contributed by atoms with Gasteiger partial charge in [-0.3, -0.25) is 10.1 Å². The van der Waals surface area contributed by atoms with Gasteiger partial charge in [0.2, 0.25) is 5.88 Å². The smallest absolute Gasteiger partial charge is 0.260 e. The SMILES string of the molecule is CCCSc1ncccc1C(=O)Nc1cc(C)no1. The molecule has 2 heterocycles. The Labute approximate surface area is 115 Å². The molecule has 5 nitrogen and oxygen atoms in total. The lowest BCUT2D eigenvalue weighted by Gasteiger charge is -2.06. The standard InChI is InChI=1S/C13H15N3O2S/c1-3-7-19-13-10(5-4-6-14-13)12(17)15-11-8-9(2)16-18-11/h4-6,8H,3,7H2,1-2H3,(H,15,17). The van der Waals surface area contributed by atoms with Gasteiger partial charge >= 0.3 is 0 Å². The van der Waals surface area contributed by atoms with Crippen LogP contribution in [0.2, 0.25) is 0 Å². The molecule has 2 aromatic heterocycles. The summed E-state index contributed by atoms with van der Waals surface area (Å²) in [6.45, 7) is 3.89. The van der Waals surface area contributed by atoms with Crippen molar-refractivity contribution in [1.29, 1.82) is 0 Å². The van der Waals surface area contributed by atoms with Gasteiger partial charge in [-0.2, -0.15) is 0 Å². The molecule has 19 heavy (non-hydrogen) atoms. The summed E-state index contributed by atoms with van der Waals surface area (Å²) >= 11 is 1.57.